The maximum Gasteiger partial charge on any atom is 0.236 e. The molecular formula is C8H16BrNO3S. The van der Waals surface area contributed by atoms with Gasteiger partial charge in [0.2, 0.25) is 5.91 Å². The summed E-state index contributed by atoms with van der Waals surface area (Å²) in [5.74, 6) is -0.0604. The predicted octanol–water partition coefficient (Wildman–Crippen LogP) is 0.663. The fourth-order valence-electron chi connectivity index (χ4n) is 0.827. The first-order valence-electron chi connectivity index (χ1n) is 4.34. The molecule has 0 aromatic rings. The van der Waals surface area contributed by atoms with Crippen LogP contribution in [-0.2, 0) is 14.6 Å². The molecule has 0 saturated carbocycles. The van der Waals surface area contributed by atoms with Gasteiger partial charge in [0.25, 0.3) is 0 Å². The molecule has 0 aliphatic rings. The van der Waals surface area contributed by atoms with Gasteiger partial charge in [-0.2, -0.15) is 0 Å². The number of carbonyl (C=O) groups excluding carboxylic acids is 1. The van der Waals surface area contributed by atoms with Crippen LogP contribution in [0.4, 0.5) is 0 Å². The minimum absolute atomic E-state index is 0.0126. The molecule has 4 nitrogen and oxygen atoms in total. The number of halogens is 1. The summed E-state index contributed by atoms with van der Waals surface area (Å²) < 4.78 is 21.7. The van der Waals surface area contributed by atoms with Crippen LogP contribution >= 0.6 is 15.9 Å². The Hall–Kier alpha value is -0.100. The Morgan fingerprint density at radius 3 is 2.36 bits per heavy atom. The van der Waals surface area contributed by atoms with Crippen molar-refractivity contribution in [2.45, 2.75) is 18.2 Å². The summed E-state index contributed by atoms with van der Waals surface area (Å²) in [6.07, 6.45) is 1.86. The normalized spacial score (nSPS) is 13.7. The third kappa shape index (κ3) is 5.59. The first kappa shape index (κ1) is 13.9. The Labute approximate surface area is 93.7 Å². The van der Waals surface area contributed by atoms with Crippen LogP contribution < -0.4 is 0 Å². The summed E-state index contributed by atoms with van der Waals surface area (Å²) >= 11 is 3.22. The van der Waals surface area contributed by atoms with E-state index in [0.29, 0.717) is 6.42 Å². The van der Waals surface area contributed by atoms with Crippen molar-refractivity contribution < 1.29 is 13.2 Å². The molecule has 0 bridgehead atoms. The summed E-state index contributed by atoms with van der Waals surface area (Å²) in [5, 5.41) is 0. The number of sulfone groups is 1. The zero-order chi connectivity index (χ0) is 11.4. The average Bonchev–Trinajstić information content (AvgIpc) is 2.10. The van der Waals surface area contributed by atoms with Crippen molar-refractivity contribution in [1.29, 1.82) is 0 Å². The van der Waals surface area contributed by atoms with E-state index in [4.69, 9.17) is 0 Å². The van der Waals surface area contributed by atoms with Gasteiger partial charge in [-0.05, 0) is 6.42 Å². The Bertz CT molecular complexity index is 289. The van der Waals surface area contributed by atoms with E-state index >= 15 is 0 Å². The van der Waals surface area contributed by atoms with Crippen LogP contribution in [0, 0.1) is 0 Å². The molecule has 0 heterocycles. The van der Waals surface area contributed by atoms with Crippen LogP contribution in [0.3, 0.4) is 0 Å². The number of hydrogen-bond donors (Lipinski definition) is 0. The SMILES string of the molecule is CCC(Br)C(=O)N(C)CCS(C)(=O)=O. The van der Waals surface area contributed by atoms with Crippen LogP contribution in [0.15, 0.2) is 0 Å². The number of amides is 1. The summed E-state index contributed by atoms with van der Waals surface area (Å²) in [5.41, 5.74) is 0. The van der Waals surface area contributed by atoms with E-state index in [1.165, 1.54) is 4.90 Å². The Morgan fingerprint density at radius 1 is 1.50 bits per heavy atom. The second kappa shape index (κ2) is 5.70. The molecule has 0 aliphatic heterocycles. The molecule has 0 aromatic heterocycles. The molecule has 14 heavy (non-hydrogen) atoms. The molecule has 0 aliphatic carbocycles. The molecule has 0 aromatic carbocycles. The van der Waals surface area contributed by atoms with E-state index in [1.807, 2.05) is 6.92 Å². The largest absolute Gasteiger partial charge is 0.344 e. The third-order valence-electron chi connectivity index (χ3n) is 1.80. The number of alkyl halides is 1. The van der Waals surface area contributed by atoms with Crippen LogP contribution in [-0.4, -0.2) is 49.7 Å². The summed E-state index contributed by atoms with van der Waals surface area (Å²) in [6, 6.07) is 0. The molecule has 1 atom stereocenters. The lowest BCUT2D eigenvalue weighted by Crippen LogP contribution is -2.36. The fraction of sp³-hybridized carbons (Fsp3) is 0.875. The maximum atomic E-state index is 11.5. The van der Waals surface area contributed by atoms with E-state index in [1.54, 1.807) is 7.05 Å². The summed E-state index contributed by atoms with van der Waals surface area (Å²) in [4.78, 5) is 12.7. The van der Waals surface area contributed by atoms with Gasteiger partial charge in [0.15, 0.2) is 0 Å². The minimum atomic E-state index is -2.99. The molecular weight excluding hydrogens is 270 g/mol. The number of rotatable bonds is 5. The van der Waals surface area contributed by atoms with Gasteiger partial charge >= 0.3 is 0 Å². The van der Waals surface area contributed by atoms with Crippen LogP contribution in [0.5, 0.6) is 0 Å². The lowest BCUT2D eigenvalue weighted by atomic mass is 10.3. The second-order valence-electron chi connectivity index (χ2n) is 3.27. The van der Waals surface area contributed by atoms with Crippen LogP contribution in [0.2, 0.25) is 0 Å². The van der Waals surface area contributed by atoms with Gasteiger partial charge in [-0.1, -0.05) is 22.9 Å². The van der Waals surface area contributed by atoms with E-state index in [9.17, 15) is 13.2 Å². The van der Waals surface area contributed by atoms with Gasteiger partial charge in [0.05, 0.1) is 10.6 Å². The van der Waals surface area contributed by atoms with E-state index in [2.05, 4.69) is 15.9 Å². The third-order valence-corrected chi connectivity index (χ3v) is 3.76. The highest BCUT2D eigenvalue weighted by atomic mass is 79.9. The summed E-state index contributed by atoms with van der Waals surface area (Å²) in [6.45, 7) is 2.14. The van der Waals surface area contributed by atoms with Gasteiger partial charge in [-0.25, -0.2) is 8.42 Å². The van der Waals surface area contributed by atoms with E-state index in [0.717, 1.165) is 6.26 Å². The molecule has 0 fully saturated rings. The van der Waals surface area contributed by atoms with Crippen molar-refractivity contribution in [2.24, 2.45) is 0 Å². The van der Waals surface area contributed by atoms with E-state index in [-0.39, 0.29) is 23.0 Å². The van der Waals surface area contributed by atoms with Gasteiger partial charge < -0.3 is 4.90 Å². The molecule has 0 radical (unpaired) electrons. The van der Waals surface area contributed by atoms with Crippen LogP contribution in [0.25, 0.3) is 0 Å². The zero-order valence-corrected chi connectivity index (χ0v) is 11.1. The Kier molecular flexibility index (Phi) is 5.66. The lowest BCUT2D eigenvalue weighted by molar-refractivity contribution is -0.128. The number of nitrogens with zero attached hydrogens (tertiary/aromatic N) is 1. The van der Waals surface area contributed by atoms with Gasteiger partial charge in [0.1, 0.15) is 9.84 Å². The highest BCUT2D eigenvalue weighted by Gasteiger charge is 2.17. The molecule has 0 N–H and O–H groups in total. The van der Waals surface area contributed by atoms with Crippen molar-refractivity contribution in [3.05, 3.63) is 0 Å². The zero-order valence-electron chi connectivity index (χ0n) is 8.66. The fourth-order valence-corrected chi connectivity index (χ4v) is 1.78. The lowest BCUT2D eigenvalue weighted by Gasteiger charge is -2.19. The Balaban J connectivity index is 4.09. The molecule has 0 saturated heterocycles. The second-order valence-corrected chi connectivity index (χ2v) is 6.63. The Morgan fingerprint density at radius 2 is 2.00 bits per heavy atom. The van der Waals surface area contributed by atoms with Crippen molar-refractivity contribution in [1.82, 2.24) is 4.90 Å². The maximum absolute atomic E-state index is 11.5. The van der Waals surface area contributed by atoms with Crippen molar-refractivity contribution >= 4 is 31.7 Å². The number of hydrogen-bond acceptors (Lipinski definition) is 3. The minimum Gasteiger partial charge on any atom is -0.344 e. The molecule has 0 rings (SSSR count). The average molecular weight is 286 g/mol. The smallest absolute Gasteiger partial charge is 0.236 e. The van der Waals surface area contributed by atoms with Gasteiger partial charge in [0, 0.05) is 19.8 Å². The van der Waals surface area contributed by atoms with Gasteiger partial charge in [-0.15, -0.1) is 0 Å². The van der Waals surface area contributed by atoms with E-state index < -0.39 is 9.84 Å². The monoisotopic (exact) mass is 285 g/mol. The van der Waals surface area contributed by atoms with Crippen molar-refractivity contribution in [3.63, 3.8) is 0 Å². The molecule has 84 valence electrons. The summed E-state index contributed by atoms with van der Waals surface area (Å²) in [7, 11) is -1.39. The topological polar surface area (TPSA) is 54.5 Å². The van der Waals surface area contributed by atoms with Crippen LogP contribution in [0.1, 0.15) is 13.3 Å². The molecule has 0 spiro atoms. The standard InChI is InChI=1S/C8H16BrNO3S/c1-4-7(9)8(11)10(2)5-6-14(3,12)13/h7H,4-6H2,1-3H3. The predicted molar refractivity (Wildman–Crippen MR) is 60.4 cm³/mol. The highest BCUT2D eigenvalue weighted by molar-refractivity contribution is 9.10. The van der Waals surface area contributed by atoms with Crippen molar-refractivity contribution in [2.75, 3.05) is 25.6 Å². The van der Waals surface area contributed by atoms with Crippen molar-refractivity contribution in [3.8, 4) is 0 Å². The molecule has 6 heteroatoms. The van der Waals surface area contributed by atoms with Gasteiger partial charge in [-0.3, -0.25) is 4.79 Å². The highest BCUT2D eigenvalue weighted by Crippen LogP contribution is 2.07. The number of carbonyl (C=O) groups is 1. The first-order valence-corrected chi connectivity index (χ1v) is 7.32. The quantitative estimate of drug-likeness (QED) is 0.698. The first-order chi connectivity index (χ1) is 6.28. The molecule has 1 unspecified atom stereocenters. The molecule has 1 amide bonds.